The molecule has 2 rings (SSSR count). The zero-order valence-electron chi connectivity index (χ0n) is 10.2. The minimum atomic E-state index is 0.120. The first kappa shape index (κ1) is 11.3. The predicted octanol–water partition coefficient (Wildman–Crippen LogP) is 3.09. The Balaban J connectivity index is 2.47. The highest BCUT2D eigenvalue weighted by Gasteiger charge is 2.31. The van der Waals surface area contributed by atoms with E-state index in [1.54, 1.807) is 7.11 Å². The van der Waals surface area contributed by atoms with Gasteiger partial charge in [0.2, 0.25) is 0 Å². The Morgan fingerprint density at radius 3 is 2.81 bits per heavy atom. The van der Waals surface area contributed by atoms with Crippen LogP contribution in [0.5, 0.6) is 0 Å². The number of Topliss-reactive ketones (excluding diaryl/α,β-unsaturated/α-hetero) is 1. The number of fused-ring (bicyclic) bond motifs is 1. The van der Waals surface area contributed by atoms with Crippen molar-refractivity contribution >= 4 is 5.78 Å². The summed E-state index contributed by atoms with van der Waals surface area (Å²) >= 11 is 0. The van der Waals surface area contributed by atoms with Gasteiger partial charge in [-0.2, -0.15) is 0 Å². The number of ether oxygens (including phenoxy) is 1. The molecule has 0 atom stereocenters. The number of benzene rings is 1. The Bertz CT molecular complexity index is 419. The largest absolute Gasteiger partial charge is 0.380 e. The Morgan fingerprint density at radius 2 is 2.12 bits per heavy atom. The quantitative estimate of drug-likeness (QED) is 0.762. The first-order valence-corrected chi connectivity index (χ1v) is 5.70. The molecule has 0 amide bonds. The third-order valence-electron chi connectivity index (χ3n) is 3.40. The second-order valence-electron chi connectivity index (χ2n) is 5.12. The maximum Gasteiger partial charge on any atom is 0.163 e. The first-order valence-electron chi connectivity index (χ1n) is 5.70. The number of hydrogen-bond acceptors (Lipinski definition) is 2. The summed E-state index contributed by atoms with van der Waals surface area (Å²) in [6.45, 7) is 4.98. The van der Waals surface area contributed by atoms with Crippen molar-refractivity contribution in [3.05, 3.63) is 34.9 Å². The molecule has 16 heavy (non-hydrogen) atoms. The average Bonchev–Trinajstić information content (AvgIpc) is 2.25. The predicted molar refractivity (Wildman–Crippen MR) is 63.7 cm³/mol. The van der Waals surface area contributed by atoms with Gasteiger partial charge in [-0.05, 0) is 29.0 Å². The van der Waals surface area contributed by atoms with Gasteiger partial charge in [-0.1, -0.05) is 26.0 Å². The number of hydrogen-bond donors (Lipinski definition) is 0. The molecule has 0 spiro atoms. The molecule has 0 saturated carbocycles. The van der Waals surface area contributed by atoms with Crippen LogP contribution >= 0.6 is 0 Å². The molecule has 0 radical (unpaired) electrons. The minimum absolute atomic E-state index is 0.120. The van der Waals surface area contributed by atoms with E-state index in [1.165, 1.54) is 5.56 Å². The smallest absolute Gasteiger partial charge is 0.163 e. The highest BCUT2D eigenvalue weighted by Crippen LogP contribution is 2.36. The fraction of sp³-hybridized carbons (Fsp3) is 0.500. The number of carbonyl (C=O) groups excluding carboxylic acids is 1. The molecule has 0 saturated heterocycles. The van der Waals surface area contributed by atoms with Gasteiger partial charge < -0.3 is 4.74 Å². The Hall–Kier alpha value is -1.15. The average molecular weight is 218 g/mol. The molecule has 0 bridgehead atoms. The molecule has 0 aromatic heterocycles. The molecule has 2 heteroatoms. The van der Waals surface area contributed by atoms with E-state index in [-0.39, 0.29) is 11.2 Å². The third kappa shape index (κ3) is 1.90. The van der Waals surface area contributed by atoms with Crippen molar-refractivity contribution in [1.29, 1.82) is 0 Å². The highest BCUT2D eigenvalue weighted by molar-refractivity contribution is 5.99. The zero-order valence-corrected chi connectivity index (χ0v) is 10.2. The lowest BCUT2D eigenvalue weighted by molar-refractivity contribution is 0.0956. The first-order chi connectivity index (χ1) is 7.54. The van der Waals surface area contributed by atoms with Crippen LogP contribution < -0.4 is 0 Å². The Morgan fingerprint density at radius 1 is 1.38 bits per heavy atom. The molecule has 0 fully saturated rings. The number of rotatable bonds is 2. The van der Waals surface area contributed by atoms with Crippen molar-refractivity contribution in [2.45, 2.75) is 38.7 Å². The number of carbonyl (C=O) groups is 1. The van der Waals surface area contributed by atoms with E-state index < -0.39 is 0 Å². The van der Waals surface area contributed by atoms with Crippen LogP contribution in [0.15, 0.2) is 18.2 Å². The van der Waals surface area contributed by atoms with Crippen molar-refractivity contribution in [2.24, 2.45) is 0 Å². The van der Waals surface area contributed by atoms with E-state index in [4.69, 9.17) is 4.74 Å². The summed E-state index contributed by atoms with van der Waals surface area (Å²) in [4.78, 5) is 11.9. The SMILES string of the molecule is COCc1ccc2c(c1)C(=O)CCC2(C)C. The van der Waals surface area contributed by atoms with E-state index in [2.05, 4.69) is 26.0 Å². The van der Waals surface area contributed by atoms with Crippen molar-refractivity contribution in [1.82, 2.24) is 0 Å². The minimum Gasteiger partial charge on any atom is -0.380 e. The zero-order chi connectivity index (χ0) is 11.8. The molecule has 0 aliphatic heterocycles. The van der Waals surface area contributed by atoms with Crippen LogP contribution in [0.4, 0.5) is 0 Å². The van der Waals surface area contributed by atoms with Gasteiger partial charge >= 0.3 is 0 Å². The van der Waals surface area contributed by atoms with E-state index in [0.29, 0.717) is 13.0 Å². The summed E-state index contributed by atoms with van der Waals surface area (Å²) in [6, 6.07) is 6.13. The molecular formula is C14H18O2. The summed E-state index contributed by atoms with van der Waals surface area (Å²) in [5, 5.41) is 0. The monoisotopic (exact) mass is 218 g/mol. The van der Waals surface area contributed by atoms with Gasteiger partial charge in [-0.3, -0.25) is 4.79 Å². The molecule has 1 aromatic carbocycles. The van der Waals surface area contributed by atoms with E-state index in [9.17, 15) is 4.79 Å². The number of ketones is 1. The van der Waals surface area contributed by atoms with Gasteiger partial charge in [0, 0.05) is 19.1 Å². The lowest BCUT2D eigenvalue weighted by Gasteiger charge is -2.31. The standard InChI is InChI=1S/C14H18O2/c1-14(2)7-6-13(15)11-8-10(9-16-3)4-5-12(11)14/h4-5,8H,6-7,9H2,1-3H3. The molecule has 1 aliphatic rings. The maximum absolute atomic E-state index is 11.9. The lowest BCUT2D eigenvalue weighted by Crippen LogP contribution is -2.27. The van der Waals surface area contributed by atoms with Crippen molar-refractivity contribution in [3.8, 4) is 0 Å². The molecule has 0 unspecified atom stereocenters. The van der Waals surface area contributed by atoms with E-state index in [1.807, 2.05) is 6.07 Å². The van der Waals surface area contributed by atoms with Crippen molar-refractivity contribution in [3.63, 3.8) is 0 Å². The molecule has 1 aromatic rings. The molecule has 1 aliphatic carbocycles. The van der Waals surface area contributed by atoms with Gasteiger partial charge in [0.05, 0.1) is 6.61 Å². The van der Waals surface area contributed by atoms with E-state index >= 15 is 0 Å². The van der Waals surface area contributed by atoms with Gasteiger partial charge in [0.1, 0.15) is 0 Å². The fourth-order valence-electron chi connectivity index (χ4n) is 2.36. The molecule has 86 valence electrons. The second kappa shape index (κ2) is 4.02. The molecule has 2 nitrogen and oxygen atoms in total. The lowest BCUT2D eigenvalue weighted by atomic mass is 9.72. The summed E-state index contributed by atoms with van der Waals surface area (Å²) in [6.07, 6.45) is 1.61. The topological polar surface area (TPSA) is 26.3 Å². The maximum atomic E-state index is 11.9. The summed E-state index contributed by atoms with van der Waals surface area (Å²) in [5.41, 5.74) is 3.27. The normalized spacial score (nSPS) is 18.3. The van der Waals surface area contributed by atoms with Crippen LogP contribution in [0.1, 0.15) is 48.2 Å². The second-order valence-corrected chi connectivity index (χ2v) is 5.12. The molecule has 0 N–H and O–H groups in total. The van der Waals surface area contributed by atoms with Gasteiger partial charge in [-0.25, -0.2) is 0 Å². The summed E-state index contributed by atoms with van der Waals surface area (Å²) < 4.78 is 5.09. The van der Waals surface area contributed by atoms with Gasteiger partial charge in [-0.15, -0.1) is 0 Å². The van der Waals surface area contributed by atoms with Crippen LogP contribution in [0.25, 0.3) is 0 Å². The molecule has 0 heterocycles. The summed E-state index contributed by atoms with van der Waals surface area (Å²) in [5.74, 6) is 0.271. The van der Waals surface area contributed by atoms with E-state index in [0.717, 1.165) is 17.5 Å². The van der Waals surface area contributed by atoms with Crippen molar-refractivity contribution in [2.75, 3.05) is 7.11 Å². The van der Waals surface area contributed by atoms with Gasteiger partial charge in [0.25, 0.3) is 0 Å². The van der Waals surface area contributed by atoms with Gasteiger partial charge in [0.15, 0.2) is 5.78 Å². The number of methoxy groups -OCH3 is 1. The highest BCUT2D eigenvalue weighted by atomic mass is 16.5. The van der Waals surface area contributed by atoms with Crippen LogP contribution in [0.3, 0.4) is 0 Å². The fourth-order valence-corrected chi connectivity index (χ4v) is 2.36. The van der Waals surface area contributed by atoms with Crippen molar-refractivity contribution < 1.29 is 9.53 Å². The molecular weight excluding hydrogens is 200 g/mol. The van der Waals surface area contributed by atoms with Crippen LogP contribution in [-0.2, 0) is 16.8 Å². The Labute approximate surface area is 96.6 Å². The third-order valence-corrected chi connectivity index (χ3v) is 3.40. The Kier molecular flexibility index (Phi) is 2.85. The van der Waals surface area contributed by atoms with Crippen LogP contribution in [-0.4, -0.2) is 12.9 Å². The van der Waals surface area contributed by atoms with Crippen LogP contribution in [0, 0.1) is 0 Å². The summed E-state index contributed by atoms with van der Waals surface area (Å²) in [7, 11) is 1.67. The van der Waals surface area contributed by atoms with Crippen LogP contribution in [0.2, 0.25) is 0 Å².